The van der Waals surface area contributed by atoms with Crippen LogP contribution in [-0.2, 0) is 4.74 Å². The Morgan fingerprint density at radius 3 is 2.08 bits per heavy atom. The number of ether oxygens (including phenoxy) is 1. The lowest BCUT2D eigenvalue weighted by Gasteiger charge is -2.25. The predicted molar refractivity (Wildman–Crippen MR) is 56.9 cm³/mol. The van der Waals surface area contributed by atoms with Crippen molar-refractivity contribution in [3.63, 3.8) is 0 Å². The van der Waals surface area contributed by atoms with Crippen molar-refractivity contribution >= 4 is 0 Å². The normalized spacial score (nSPS) is 13.6. The molecule has 80 valence electrons. The number of methoxy groups -OCH3 is 1. The maximum atomic E-state index is 5.57. The van der Waals surface area contributed by atoms with Crippen molar-refractivity contribution in [2.45, 2.75) is 32.8 Å². The molecule has 0 bridgehead atoms. The predicted octanol–water partition coefficient (Wildman–Crippen LogP) is 1.08. The van der Waals surface area contributed by atoms with E-state index in [0.717, 1.165) is 19.6 Å². The third-order valence-corrected chi connectivity index (χ3v) is 2.14. The SMILES string of the molecule is CCCN(CCC)CC(CN)OC. The van der Waals surface area contributed by atoms with Gasteiger partial charge in [0, 0.05) is 20.2 Å². The zero-order chi connectivity index (χ0) is 10.1. The minimum Gasteiger partial charge on any atom is -0.379 e. The molecule has 0 spiro atoms. The van der Waals surface area contributed by atoms with Gasteiger partial charge < -0.3 is 15.4 Å². The highest BCUT2D eigenvalue weighted by molar-refractivity contribution is 4.65. The molecule has 3 heteroatoms. The fraction of sp³-hybridized carbons (Fsp3) is 1.00. The lowest BCUT2D eigenvalue weighted by Crippen LogP contribution is -2.38. The summed E-state index contributed by atoms with van der Waals surface area (Å²) in [5, 5.41) is 0. The molecule has 0 heterocycles. The van der Waals surface area contributed by atoms with Crippen LogP contribution < -0.4 is 5.73 Å². The molecular weight excluding hydrogens is 164 g/mol. The van der Waals surface area contributed by atoms with Crippen LogP contribution in [0.4, 0.5) is 0 Å². The van der Waals surface area contributed by atoms with Crippen LogP contribution in [0.3, 0.4) is 0 Å². The van der Waals surface area contributed by atoms with Crippen molar-refractivity contribution in [1.82, 2.24) is 4.90 Å². The van der Waals surface area contributed by atoms with Crippen LogP contribution in [0.15, 0.2) is 0 Å². The summed E-state index contributed by atoms with van der Waals surface area (Å²) in [5.41, 5.74) is 5.57. The maximum absolute atomic E-state index is 5.57. The highest BCUT2D eigenvalue weighted by atomic mass is 16.5. The van der Waals surface area contributed by atoms with Gasteiger partial charge in [0.15, 0.2) is 0 Å². The number of nitrogens with two attached hydrogens (primary N) is 1. The first-order valence-corrected chi connectivity index (χ1v) is 5.23. The van der Waals surface area contributed by atoms with Crippen LogP contribution in [0.5, 0.6) is 0 Å². The summed E-state index contributed by atoms with van der Waals surface area (Å²) >= 11 is 0. The van der Waals surface area contributed by atoms with Crippen molar-refractivity contribution in [2.75, 3.05) is 33.3 Å². The van der Waals surface area contributed by atoms with E-state index in [1.165, 1.54) is 12.8 Å². The van der Waals surface area contributed by atoms with Gasteiger partial charge >= 0.3 is 0 Å². The van der Waals surface area contributed by atoms with E-state index in [2.05, 4.69) is 18.7 Å². The van der Waals surface area contributed by atoms with E-state index >= 15 is 0 Å². The van der Waals surface area contributed by atoms with Crippen molar-refractivity contribution in [3.05, 3.63) is 0 Å². The summed E-state index contributed by atoms with van der Waals surface area (Å²) in [6.45, 7) is 8.27. The molecular formula is C10H24N2O. The van der Waals surface area contributed by atoms with E-state index in [4.69, 9.17) is 10.5 Å². The summed E-state index contributed by atoms with van der Waals surface area (Å²) in [6, 6.07) is 0. The van der Waals surface area contributed by atoms with Gasteiger partial charge in [-0.3, -0.25) is 0 Å². The molecule has 13 heavy (non-hydrogen) atoms. The first kappa shape index (κ1) is 12.9. The maximum Gasteiger partial charge on any atom is 0.0820 e. The number of rotatable bonds is 8. The van der Waals surface area contributed by atoms with Gasteiger partial charge in [-0.2, -0.15) is 0 Å². The van der Waals surface area contributed by atoms with E-state index in [1.54, 1.807) is 7.11 Å². The van der Waals surface area contributed by atoms with Gasteiger partial charge in [0.05, 0.1) is 6.10 Å². The van der Waals surface area contributed by atoms with E-state index in [-0.39, 0.29) is 6.10 Å². The second-order valence-electron chi connectivity index (χ2n) is 3.39. The molecule has 0 aliphatic heterocycles. The Morgan fingerprint density at radius 2 is 1.77 bits per heavy atom. The third-order valence-electron chi connectivity index (χ3n) is 2.14. The Hall–Kier alpha value is -0.120. The topological polar surface area (TPSA) is 38.5 Å². The monoisotopic (exact) mass is 188 g/mol. The molecule has 0 saturated carbocycles. The third kappa shape index (κ3) is 6.02. The van der Waals surface area contributed by atoms with Crippen molar-refractivity contribution < 1.29 is 4.74 Å². The fourth-order valence-electron chi connectivity index (χ4n) is 1.46. The van der Waals surface area contributed by atoms with Crippen molar-refractivity contribution in [3.8, 4) is 0 Å². The molecule has 0 fully saturated rings. The summed E-state index contributed by atoms with van der Waals surface area (Å²) in [6.07, 6.45) is 2.58. The Labute approximate surface area is 82.2 Å². The van der Waals surface area contributed by atoms with Gasteiger partial charge in [0.2, 0.25) is 0 Å². The van der Waals surface area contributed by atoms with Crippen LogP contribution >= 0.6 is 0 Å². The smallest absolute Gasteiger partial charge is 0.0820 e. The van der Waals surface area contributed by atoms with Crippen LogP contribution in [0.2, 0.25) is 0 Å². The van der Waals surface area contributed by atoms with Crippen LogP contribution in [0.25, 0.3) is 0 Å². The first-order chi connectivity index (χ1) is 6.28. The van der Waals surface area contributed by atoms with Crippen LogP contribution in [-0.4, -0.2) is 44.3 Å². The fourth-order valence-corrected chi connectivity index (χ4v) is 1.46. The van der Waals surface area contributed by atoms with Gasteiger partial charge in [0.25, 0.3) is 0 Å². The Bertz CT molecular complexity index is 99.1. The number of hydrogen-bond donors (Lipinski definition) is 1. The molecule has 3 nitrogen and oxygen atoms in total. The van der Waals surface area contributed by atoms with Crippen molar-refractivity contribution in [2.24, 2.45) is 5.73 Å². The molecule has 0 aromatic heterocycles. The average Bonchev–Trinajstić information content (AvgIpc) is 2.14. The molecule has 1 unspecified atom stereocenters. The molecule has 2 N–H and O–H groups in total. The van der Waals surface area contributed by atoms with E-state index < -0.39 is 0 Å². The average molecular weight is 188 g/mol. The number of nitrogens with zero attached hydrogens (tertiary/aromatic N) is 1. The van der Waals surface area contributed by atoms with Gasteiger partial charge in [-0.15, -0.1) is 0 Å². The van der Waals surface area contributed by atoms with Gasteiger partial charge in [-0.05, 0) is 25.9 Å². The summed E-state index contributed by atoms with van der Waals surface area (Å²) in [5.74, 6) is 0. The Morgan fingerprint density at radius 1 is 1.23 bits per heavy atom. The second-order valence-corrected chi connectivity index (χ2v) is 3.39. The highest BCUT2D eigenvalue weighted by Crippen LogP contribution is 1.98. The highest BCUT2D eigenvalue weighted by Gasteiger charge is 2.10. The number of hydrogen-bond acceptors (Lipinski definition) is 3. The molecule has 0 saturated heterocycles. The van der Waals surface area contributed by atoms with Gasteiger partial charge in [0.1, 0.15) is 0 Å². The largest absolute Gasteiger partial charge is 0.379 e. The second kappa shape index (κ2) is 8.48. The van der Waals surface area contributed by atoms with E-state index in [0.29, 0.717) is 6.54 Å². The lowest BCUT2D eigenvalue weighted by molar-refractivity contribution is 0.0698. The summed E-state index contributed by atoms with van der Waals surface area (Å²) in [7, 11) is 1.73. The molecule has 0 aromatic rings. The summed E-state index contributed by atoms with van der Waals surface area (Å²) < 4.78 is 5.26. The van der Waals surface area contributed by atoms with Gasteiger partial charge in [-0.25, -0.2) is 0 Å². The van der Waals surface area contributed by atoms with E-state index in [9.17, 15) is 0 Å². The molecule has 0 amide bonds. The van der Waals surface area contributed by atoms with Crippen LogP contribution in [0.1, 0.15) is 26.7 Å². The zero-order valence-corrected chi connectivity index (χ0v) is 9.25. The van der Waals surface area contributed by atoms with Crippen LogP contribution in [0, 0.1) is 0 Å². The minimum absolute atomic E-state index is 0.193. The lowest BCUT2D eigenvalue weighted by atomic mass is 10.3. The molecule has 0 radical (unpaired) electrons. The quantitative estimate of drug-likeness (QED) is 0.619. The van der Waals surface area contributed by atoms with Crippen molar-refractivity contribution in [1.29, 1.82) is 0 Å². The molecule has 0 aliphatic rings. The Kier molecular flexibility index (Phi) is 8.40. The molecule has 0 aliphatic carbocycles. The summed E-state index contributed by atoms with van der Waals surface area (Å²) in [4.78, 5) is 2.42. The molecule has 0 aromatic carbocycles. The minimum atomic E-state index is 0.193. The zero-order valence-electron chi connectivity index (χ0n) is 9.25. The standard InChI is InChI=1S/C10H24N2O/c1-4-6-12(7-5-2)9-10(8-11)13-3/h10H,4-9,11H2,1-3H3. The Balaban J connectivity index is 3.76. The van der Waals surface area contributed by atoms with Gasteiger partial charge in [-0.1, -0.05) is 13.8 Å². The molecule has 0 rings (SSSR count). The first-order valence-electron chi connectivity index (χ1n) is 5.23. The van der Waals surface area contributed by atoms with E-state index in [1.807, 2.05) is 0 Å². The molecule has 1 atom stereocenters.